The molecule has 0 spiro atoms. The average molecular weight is 248 g/mol. The van der Waals surface area contributed by atoms with Gasteiger partial charge in [-0.25, -0.2) is 4.39 Å². The number of amides is 1. The molecule has 1 amide bonds. The zero-order chi connectivity index (χ0) is 12.6. The van der Waals surface area contributed by atoms with Crippen LogP contribution >= 0.6 is 0 Å². The molecule has 3 nitrogen and oxygen atoms in total. The highest BCUT2D eigenvalue weighted by Gasteiger charge is 2.35. The van der Waals surface area contributed by atoms with E-state index in [2.05, 4.69) is 4.74 Å². The van der Waals surface area contributed by atoms with Crippen LogP contribution in [-0.2, 0) is 15.7 Å². The van der Waals surface area contributed by atoms with E-state index in [-0.39, 0.29) is 12.4 Å². The van der Waals surface area contributed by atoms with Crippen molar-refractivity contribution in [1.29, 1.82) is 0 Å². The van der Waals surface area contributed by atoms with Gasteiger partial charge in [0, 0.05) is 5.69 Å². The van der Waals surface area contributed by atoms with Gasteiger partial charge in [-0.15, -0.1) is 0 Å². The van der Waals surface area contributed by atoms with Gasteiger partial charge in [0.1, 0.15) is 12.5 Å². The normalized spacial score (nSPS) is 16.7. The van der Waals surface area contributed by atoms with Gasteiger partial charge in [-0.1, -0.05) is 0 Å². The van der Waals surface area contributed by atoms with Crippen molar-refractivity contribution < 1.29 is 27.1 Å². The number of hydrogen-bond acceptors (Lipinski definition) is 2. The molecule has 17 heavy (non-hydrogen) atoms. The quantitative estimate of drug-likeness (QED) is 0.714. The average Bonchev–Trinajstić information content (AvgIpc) is 2.63. The maximum absolute atomic E-state index is 13.0. The molecule has 0 saturated carbocycles. The minimum Gasteiger partial charge on any atom is -0.344 e. The summed E-state index contributed by atoms with van der Waals surface area (Å²) in [4.78, 5) is 12.2. The highest BCUT2D eigenvalue weighted by Crippen LogP contribution is 2.34. The summed E-state index contributed by atoms with van der Waals surface area (Å²) in [6.45, 7) is 0.707. The van der Waals surface area contributed by atoms with Gasteiger partial charge in [-0.3, -0.25) is 9.69 Å². The second kappa shape index (κ2) is 3.99. The Bertz CT molecular complexity index is 458. The van der Waals surface area contributed by atoms with Crippen molar-refractivity contribution in [2.45, 2.75) is 6.18 Å². The van der Waals surface area contributed by atoms with Crippen molar-refractivity contribution in [3.63, 3.8) is 0 Å². The summed E-state index contributed by atoms with van der Waals surface area (Å²) in [7, 11) is 0. The number of rotatable bonds is 1. The zero-order valence-electron chi connectivity index (χ0n) is 8.29. The van der Waals surface area contributed by atoms with E-state index in [0.29, 0.717) is 12.1 Å². The molecule has 0 bridgehead atoms. The van der Waals surface area contributed by atoms with Crippen molar-refractivity contribution in [1.82, 2.24) is 0 Å². The Balaban J connectivity index is 2.41. The molecular formula is C10H6F4NO2. The van der Waals surface area contributed by atoms with Gasteiger partial charge in [0.2, 0.25) is 0 Å². The number of anilines is 1. The summed E-state index contributed by atoms with van der Waals surface area (Å²) in [5.41, 5.74) is -1.47. The van der Waals surface area contributed by atoms with E-state index < -0.39 is 23.5 Å². The van der Waals surface area contributed by atoms with E-state index in [0.717, 1.165) is 17.6 Å². The third-order valence-corrected chi connectivity index (χ3v) is 2.22. The van der Waals surface area contributed by atoms with Crippen LogP contribution in [0.3, 0.4) is 0 Å². The molecular weight excluding hydrogens is 242 g/mol. The molecule has 0 aromatic heterocycles. The Hall–Kier alpha value is -1.63. The van der Waals surface area contributed by atoms with E-state index >= 15 is 0 Å². The van der Waals surface area contributed by atoms with Crippen LogP contribution in [0.4, 0.5) is 23.2 Å². The van der Waals surface area contributed by atoms with Gasteiger partial charge in [-0.05, 0) is 18.2 Å². The van der Waals surface area contributed by atoms with E-state index in [1.807, 2.05) is 0 Å². The molecule has 1 fully saturated rings. The number of benzene rings is 1. The molecule has 7 heteroatoms. The van der Waals surface area contributed by atoms with E-state index in [1.54, 1.807) is 0 Å². The van der Waals surface area contributed by atoms with Crippen molar-refractivity contribution in [2.24, 2.45) is 0 Å². The standard InChI is InChI=1S/C10H6F4NO2/c11-8-2-1-6(3-7(8)10(12,13)14)15-5-17-4-9(15)16/h1-4H,5H2. The SMILES string of the molecule is O=C1[CH]OCN1c1ccc(F)c(C(F)(F)F)c1. The number of ether oxygens (including phenoxy) is 1. The number of carbonyl (C=O) groups excluding carboxylic acids is 1. The first kappa shape index (κ1) is 11.8. The summed E-state index contributed by atoms with van der Waals surface area (Å²) >= 11 is 0. The first-order chi connectivity index (χ1) is 7.89. The fraction of sp³-hybridized carbons (Fsp3) is 0.200. The maximum atomic E-state index is 13.0. The number of hydrogen-bond donors (Lipinski definition) is 0. The highest BCUT2D eigenvalue weighted by molar-refractivity contribution is 5.99. The Kier molecular flexibility index (Phi) is 2.78. The van der Waals surface area contributed by atoms with Gasteiger partial charge >= 0.3 is 6.18 Å². The number of nitrogens with zero attached hydrogens (tertiary/aromatic N) is 1. The maximum Gasteiger partial charge on any atom is 0.419 e. The van der Waals surface area contributed by atoms with Gasteiger partial charge in [0.15, 0.2) is 6.61 Å². The summed E-state index contributed by atoms with van der Waals surface area (Å²) in [5, 5.41) is 0. The topological polar surface area (TPSA) is 29.5 Å². The molecule has 1 heterocycles. The Morgan fingerprint density at radius 3 is 2.53 bits per heavy atom. The van der Waals surface area contributed by atoms with Gasteiger partial charge in [-0.2, -0.15) is 13.2 Å². The molecule has 0 aliphatic carbocycles. The molecule has 1 saturated heterocycles. The van der Waals surface area contributed by atoms with Crippen LogP contribution in [0, 0.1) is 12.4 Å². The molecule has 91 valence electrons. The molecule has 1 aliphatic heterocycles. The summed E-state index contributed by atoms with van der Waals surface area (Å²) in [5.74, 6) is -1.96. The lowest BCUT2D eigenvalue weighted by Gasteiger charge is -2.16. The van der Waals surface area contributed by atoms with E-state index in [9.17, 15) is 22.4 Å². The minimum atomic E-state index is -4.80. The van der Waals surface area contributed by atoms with Crippen LogP contribution in [0.25, 0.3) is 0 Å². The Morgan fingerprint density at radius 1 is 1.29 bits per heavy atom. The second-order valence-corrected chi connectivity index (χ2v) is 3.34. The third kappa shape index (κ3) is 2.23. The van der Waals surface area contributed by atoms with Crippen LogP contribution in [0.1, 0.15) is 5.56 Å². The molecule has 1 aromatic rings. The van der Waals surface area contributed by atoms with Crippen molar-refractivity contribution in [3.05, 3.63) is 36.2 Å². The molecule has 0 unspecified atom stereocenters. The Morgan fingerprint density at radius 2 is 2.00 bits per heavy atom. The second-order valence-electron chi connectivity index (χ2n) is 3.34. The Labute approximate surface area is 93.6 Å². The molecule has 0 N–H and O–H groups in total. The van der Waals surface area contributed by atoms with Crippen LogP contribution < -0.4 is 4.90 Å². The van der Waals surface area contributed by atoms with Gasteiger partial charge < -0.3 is 4.74 Å². The largest absolute Gasteiger partial charge is 0.419 e. The lowest BCUT2D eigenvalue weighted by molar-refractivity contribution is -0.140. The van der Waals surface area contributed by atoms with Crippen LogP contribution in [0.15, 0.2) is 18.2 Å². The van der Waals surface area contributed by atoms with E-state index in [1.165, 1.54) is 0 Å². The van der Waals surface area contributed by atoms with Crippen LogP contribution in [0.2, 0.25) is 0 Å². The monoisotopic (exact) mass is 248 g/mol. The first-order valence-electron chi connectivity index (χ1n) is 4.52. The number of carbonyl (C=O) groups is 1. The van der Waals surface area contributed by atoms with Gasteiger partial charge in [0.25, 0.3) is 5.91 Å². The van der Waals surface area contributed by atoms with Crippen molar-refractivity contribution in [3.8, 4) is 0 Å². The summed E-state index contributed by atoms with van der Waals surface area (Å²) in [6.07, 6.45) is -4.80. The molecule has 2 rings (SSSR count). The van der Waals surface area contributed by atoms with Crippen molar-refractivity contribution >= 4 is 11.6 Å². The first-order valence-corrected chi connectivity index (χ1v) is 4.52. The van der Waals surface area contributed by atoms with Crippen LogP contribution in [-0.4, -0.2) is 12.6 Å². The minimum absolute atomic E-state index is 0.0579. The molecule has 0 atom stereocenters. The number of alkyl halides is 3. The molecule has 1 radical (unpaired) electrons. The molecule has 1 aliphatic rings. The fourth-order valence-electron chi connectivity index (χ4n) is 1.41. The zero-order valence-corrected chi connectivity index (χ0v) is 8.29. The lowest BCUT2D eigenvalue weighted by atomic mass is 10.1. The van der Waals surface area contributed by atoms with E-state index in [4.69, 9.17) is 0 Å². The van der Waals surface area contributed by atoms with Crippen LogP contribution in [0.5, 0.6) is 0 Å². The number of halogens is 4. The van der Waals surface area contributed by atoms with Crippen molar-refractivity contribution in [2.75, 3.05) is 11.6 Å². The third-order valence-electron chi connectivity index (χ3n) is 2.22. The smallest absolute Gasteiger partial charge is 0.344 e. The predicted molar refractivity (Wildman–Crippen MR) is 49.1 cm³/mol. The summed E-state index contributed by atoms with van der Waals surface area (Å²) < 4.78 is 54.9. The fourth-order valence-corrected chi connectivity index (χ4v) is 1.41. The van der Waals surface area contributed by atoms with Gasteiger partial charge in [0.05, 0.1) is 5.56 Å². The highest BCUT2D eigenvalue weighted by atomic mass is 19.4. The predicted octanol–water partition coefficient (Wildman–Crippen LogP) is 2.33. The summed E-state index contributed by atoms with van der Waals surface area (Å²) in [6, 6.07) is 2.34. The lowest BCUT2D eigenvalue weighted by Crippen LogP contribution is -2.24. The molecule has 1 aromatic carbocycles.